The van der Waals surface area contributed by atoms with Gasteiger partial charge in [-0.3, -0.25) is 4.98 Å². The van der Waals surface area contributed by atoms with Crippen LogP contribution in [-0.2, 0) is 16.1 Å². The summed E-state index contributed by atoms with van der Waals surface area (Å²) >= 11 is 0. The molecule has 0 bridgehead atoms. The van der Waals surface area contributed by atoms with Gasteiger partial charge in [-0.15, -0.1) is 0 Å². The van der Waals surface area contributed by atoms with E-state index in [2.05, 4.69) is 4.98 Å². The number of rotatable bonds is 4. The fourth-order valence-corrected chi connectivity index (χ4v) is 2.27. The molecule has 5 heteroatoms. The molecule has 21 heavy (non-hydrogen) atoms. The van der Waals surface area contributed by atoms with Gasteiger partial charge in [-0.25, -0.2) is 4.79 Å². The van der Waals surface area contributed by atoms with Crippen molar-refractivity contribution in [3.63, 3.8) is 0 Å². The molecule has 1 atom stereocenters. The van der Waals surface area contributed by atoms with Crippen LogP contribution in [0, 0.1) is 5.92 Å². The highest BCUT2D eigenvalue weighted by Crippen LogP contribution is 2.20. The highest BCUT2D eigenvalue weighted by Gasteiger charge is 2.29. The van der Waals surface area contributed by atoms with E-state index in [0.717, 1.165) is 18.7 Å². The third-order valence-electron chi connectivity index (χ3n) is 3.27. The van der Waals surface area contributed by atoms with E-state index in [-0.39, 0.29) is 6.09 Å². The second-order valence-corrected chi connectivity index (χ2v) is 6.42. The van der Waals surface area contributed by atoms with Crippen molar-refractivity contribution in [1.29, 1.82) is 0 Å². The van der Waals surface area contributed by atoms with Crippen molar-refractivity contribution >= 4 is 6.09 Å². The lowest BCUT2D eigenvalue weighted by Gasteiger charge is -2.24. The molecule has 0 aliphatic carbocycles. The van der Waals surface area contributed by atoms with Crippen molar-refractivity contribution in [3.05, 3.63) is 30.1 Å². The molecule has 2 rings (SSSR count). The summed E-state index contributed by atoms with van der Waals surface area (Å²) in [4.78, 5) is 17.9. The molecule has 1 aromatic heterocycles. The lowest BCUT2D eigenvalue weighted by atomic mass is 10.1. The molecule has 1 aliphatic rings. The fourth-order valence-electron chi connectivity index (χ4n) is 2.27. The second kappa shape index (κ2) is 6.89. The third kappa shape index (κ3) is 5.34. The van der Waals surface area contributed by atoms with Gasteiger partial charge in [0.2, 0.25) is 0 Å². The van der Waals surface area contributed by atoms with Crippen molar-refractivity contribution < 1.29 is 14.3 Å². The quantitative estimate of drug-likeness (QED) is 0.856. The molecular weight excluding hydrogens is 268 g/mol. The summed E-state index contributed by atoms with van der Waals surface area (Å²) in [5, 5.41) is 0. The summed E-state index contributed by atoms with van der Waals surface area (Å²) in [6, 6.07) is 5.78. The molecule has 1 saturated heterocycles. The maximum absolute atomic E-state index is 12.0. The van der Waals surface area contributed by atoms with Gasteiger partial charge in [0.25, 0.3) is 0 Å². The number of aromatic nitrogens is 1. The van der Waals surface area contributed by atoms with Crippen molar-refractivity contribution in [1.82, 2.24) is 9.88 Å². The number of carbonyl (C=O) groups excluding carboxylic acids is 1. The number of ether oxygens (including phenoxy) is 2. The van der Waals surface area contributed by atoms with Crippen LogP contribution < -0.4 is 0 Å². The highest BCUT2D eigenvalue weighted by molar-refractivity contribution is 5.68. The third-order valence-corrected chi connectivity index (χ3v) is 3.27. The number of hydrogen-bond acceptors (Lipinski definition) is 4. The van der Waals surface area contributed by atoms with Crippen molar-refractivity contribution in [3.8, 4) is 0 Å². The molecule has 0 spiro atoms. The predicted octanol–water partition coefficient (Wildman–Crippen LogP) is 2.86. The summed E-state index contributed by atoms with van der Waals surface area (Å²) < 4.78 is 11.1. The van der Waals surface area contributed by atoms with Gasteiger partial charge in [0.05, 0.1) is 18.9 Å². The number of likely N-dealkylation sites (tertiary alicyclic amines) is 1. The van der Waals surface area contributed by atoms with Crippen LogP contribution in [0.1, 0.15) is 32.9 Å². The van der Waals surface area contributed by atoms with E-state index in [1.54, 1.807) is 11.1 Å². The zero-order valence-electron chi connectivity index (χ0n) is 13.0. The number of nitrogens with zero attached hydrogens (tertiary/aromatic N) is 2. The Balaban J connectivity index is 1.69. The summed E-state index contributed by atoms with van der Waals surface area (Å²) in [7, 11) is 0. The van der Waals surface area contributed by atoms with E-state index in [1.807, 2.05) is 39.0 Å². The molecule has 1 unspecified atom stereocenters. The van der Waals surface area contributed by atoms with E-state index in [1.165, 1.54) is 0 Å². The maximum atomic E-state index is 12.0. The van der Waals surface area contributed by atoms with Gasteiger partial charge in [-0.05, 0) is 39.3 Å². The molecule has 0 N–H and O–H groups in total. The van der Waals surface area contributed by atoms with E-state index in [0.29, 0.717) is 25.7 Å². The van der Waals surface area contributed by atoms with Crippen molar-refractivity contribution in [2.45, 2.75) is 39.4 Å². The smallest absolute Gasteiger partial charge is 0.410 e. The number of hydrogen-bond donors (Lipinski definition) is 0. The fraction of sp³-hybridized carbons (Fsp3) is 0.625. The monoisotopic (exact) mass is 292 g/mol. The Morgan fingerprint density at radius 1 is 1.43 bits per heavy atom. The van der Waals surface area contributed by atoms with Crippen molar-refractivity contribution in [2.24, 2.45) is 5.92 Å². The standard InChI is InChI=1S/C16H24N2O3/c1-16(2,3)21-15(19)18-9-7-13(10-18)11-20-12-14-6-4-5-8-17-14/h4-6,8,13H,7,9-12H2,1-3H3. The molecule has 5 nitrogen and oxygen atoms in total. The predicted molar refractivity (Wildman–Crippen MR) is 79.8 cm³/mol. The Labute approximate surface area is 126 Å². The number of carbonyl (C=O) groups is 1. The van der Waals surface area contributed by atoms with E-state index in [9.17, 15) is 4.79 Å². The van der Waals surface area contributed by atoms with Crippen LogP contribution in [0.4, 0.5) is 4.79 Å². The second-order valence-electron chi connectivity index (χ2n) is 6.42. The number of amides is 1. The minimum atomic E-state index is -0.440. The largest absolute Gasteiger partial charge is 0.444 e. The minimum absolute atomic E-state index is 0.227. The SMILES string of the molecule is CC(C)(C)OC(=O)N1CCC(COCc2ccccn2)C1. The Morgan fingerprint density at radius 2 is 2.24 bits per heavy atom. The summed E-state index contributed by atoms with van der Waals surface area (Å²) in [6.45, 7) is 8.26. The summed E-state index contributed by atoms with van der Waals surface area (Å²) in [5.41, 5.74) is 0.490. The van der Waals surface area contributed by atoms with Gasteiger partial charge in [0, 0.05) is 25.2 Å². The van der Waals surface area contributed by atoms with E-state index >= 15 is 0 Å². The Kier molecular flexibility index (Phi) is 5.17. The first-order chi connectivity index (χ1) is 9.94. The molecule has 0 radical (unpaired) electrons. The molecular formula is C16H24N2O3. The first kappa shape index (κ1) is 15.8. The molecule has 1 amide bonds. The highest BCUT2D eigenvalue weighted by atomic mass is 16.6. The van der Waals surface area contributed by atoms with Crippen LogP contribution in [0.3, 0.4) is 0 Å². The molecule has 1 aromatic rings. The van der Waals surface area contributed by atoms with Gasteiger partial charge in [0.15, 0.2) is 0 Å². The first-order valence-corrected chi connectivity index (χ1v) is 7.39. The Morgan fingerprint density at radius 3 is 2.90 bits per heavy atom. The lowest BCUT2D eigenvalue weighted by Crippen LogP contribution is -2.35. The van der Waals surface area contributed by atoms with Crippen LogP contribution in [0.15, 0.2) is 24.4 Å². The van der Waals surface area contributed by atoms with Crippen LogP contribution in [-0.4, -0.2) is 41.3 Å². The zero-order valence-corrected chi connectivity index (χ0v) is 13.0. The molecule has 2 heterocycles. The number of pyridine rings is 1. The van der Waals surface area contributed by atoms with Gasteiger partial charge < -0.3 is 14.4 Å². The van der Waals surface area contributed by atoms with Gasteiger partial charge in [-0.1, -0.05) is 6.07 Å². The van der Waals surface area contributed by atoms with Crippen LogP contribution in [0.2, 0.25) is 0 Å². The average Bonchev–Trinajstić information content (AvgIpc) is 2.87. The Bertz CT molecular complexity index is 456. The normalized spacial score (nSPS) is 18.8. The zero-order chi connectivity index (χ0) is 15.3. The minimum Gasteiger partial charge on any atom is -0.444 e. The molecule has 1 fully saturated rings. The van der Waals surface area contributed by atoms with E-state index in [4.69, 9.17) is 9.47 Å². The van der Waals surface area contributed by atoms with Crippen molar-refractivity contribution in [2.75, 3.05) is 19.7 Å². The Hall–Kier alpha value is -1.62. The van der Waals surface area contributed by atoms with Crippen LogP contribution in [0.5, 0.6) is 0 Å². The topological polar surface area (TPSA) is 51.7 Å². The summed E-state index contributed by atoms with van der Waals surface area (Å²) in [5.74, 6) is 0.376. The molecule has 0 aromatic carbocycles. The molecule has 1 aliphatic heterocycles. The van der Waals surface area contributed by atoms with E-state index < -0.39 is 5.60 Å². The van der Waals surface area contributed by atoms with Crippen LogP contribution in [0.25, 0.3) is 0 Å². The van der Waals surface area contributed by atoms with Gasteiger partial charge in [0.1, 0.15) is 5.60 Å². The first-order valence-electron chi connectivity index (χ1n) is 7.39. The molecule has 116 valence electrons. The molecule has 0 saturated carbocycles. The van der Waals surface area contributed by atoms with Gasteiger partial charge in [-0.2, -0.15) is 0 Å². The lowest BCUT2D eigenvalue weighted by molar-refractivity contribution is 0.0271. The van der Waals surface area contributed by atoms with Crippen LogP contribution >= 0.6 is 0 Å². The maximum Gasteiger partial charge on any atom is 0.410 e. The average molecular weight is 292 g/mol. The summed E-state index contributed by atoms with van der Waals surface area (Å²) in [6.07, 6.45) is 2.50. The van der Waals surface area contributed by atoms with Gasteiger partial charge >= 0.3 is 6.09 Å².